The summed E-state index contributed by atoms with van der Waals surface area (Å²) >= 11 is 0. The molecule has 40 heavy (non-hydrogen) atoms. The van der Waals surface area contributed by atoms with Crippen LogP contribution in [0.3, 0.4) is 0 Å². The zero-order valence-corrected chi connectivity index (χ0v) is 22.4. The number of hydrogen-bond acceptors (Lipinski definition) is 10. The maximum atomic E-state index is 13.1. The maximum absolute atomic E-state index is 13.1. The van der Waals surface area contributed by atoms with E-state index in [1.54, 1.807) is 6.07 Å². The lowest BCUT2D eigenvalue weighted by molar-refractivity contribution is -0.141. The zero-order valence-electron chi connectivity index (χ0n) is 22.4. The minimum atomic E-state index is -0.662. The first-order chi connectivity index (χ1) is 19.4. The third kappa shape index (κ3) is 5.41. The molecular weight excluding hydrogens is 520 g/mol. The molecule has 3 aliphatic rings. The van der Waals surface area contributed by atoms with Crippen molar-refractivity contribution in [2.24, 2.45) is 17.6 Å². The average molecular weight is 557 g/mol. The van der Waals surface area contributed by atoms with Gasteiger partial charge in [-0.15, -0.1) is 0 Å². The van der Waals surface area contributed by atoms with Gasteiger partial charge in [0.1, 0.15) is 0 Å². The van der Waals surface area contributed by atoms with Crippen molar-refractivity contribution in [2.75, 3.05) is 46.7 Å². The number of cyclic esters (lactones) is 1. The van der Waals surface area contributed by atoms with Crippen molar-refractivity contribution in [3.63, 3.8) is 0 Å². The molecule has 1 saturated heterocycles. The molecule has 2 aromatic rings. The van der Waals surface area contributed by atoms with E-state index in [0.717, 1.165) is 43.5 Å². The molecule has 0 aromatic heterocycles. The summed E-state index contributed by atoms with van der Waals surface area (Å²) in [6, 6.07) is 5.77. The van der Waals surface area contributed by atoms with E-state index in [1.807, 2.05) is 12.1 Å². The van der Waals surface area contributed by atoms with Crippen molar-refractivity contribution < 1.29 is 38.7 Å². The second-order valence-electron chi connectivity index (χ2n) is 10.2. The van der Waals surface area contributed by atoms with Gasteiger partial charge in [0, 0.05) is 18.4 Å². The van der Waals surface area contributed by atoms with Crippen molar-refractivity contribution in [1.29, 1.82) is 0 Å². The predicted octanol–water partition coefficient (Wildman–Crippen LogP) is 1.83. The number of unbranched alkanes of at least 4 members (excludes halogenated alkanes) is 1. The highest BCUT2D eigenvalue weighted by molar-refractivity contribution is 5.80. The standard InChI is InChI=1S/C28H36N4O8/c1-37-22-10-15(9-19(33)26(22)34)23-16-11-20-21(40-14-39-20)12-17(16)25(18-13-38-27(35)24(18)23)32-28(36)31-8-4-7-30-6-3-2-5-29/h9-12,18,23-25,30,33-34H,2-8,13-14,29H2,1H3,(H2,31,32,36)/t18-,23?,24-,25+/m0/s1. The van der Waals surface area contributed by atoms with Crippen LogP contribution in [0.2, 0.25) is 0 Å². The molecule has 4 atom stereocenters. The number of nitrogens with one attached hydrogen (secondary N) is 3. The van der Waals surface area contributed by atoms with Crippen molar-refractivity contribution in [3.05, 3.63) is 41.0 Å². The number of methoxy groups -OCH3 is 1. The summed E-state index contributed by atoms with van der Waals surface area (Å²) < 4.78 is 22.1. The molecule has 0 bridgehead atoms. The van der Waals surface area contributed by atoms with Crippen molar-refractivity contribution >= 4 is 12.0 Å². The molecule has 1 fully saturated rings. The van der Waals surface area contributed by atoms with E-state index in [2.05, 4.69) is 16.0 Å². The number of phenols is 2. The number of hydrogen-bond donors (Lipinski definition) is 6. The van der Waals surface area contributed by atoms with E-state index in [1.165, 1.54) is 13.2 Å². The van der Waals surface area contributed by atoms with Crippen molar-refractivity contribution in [3.8, 4) is 28.7 Å². The number of aromatic hydroxyl groups is 2. The minimum Gasteiger partial charge on any atom is -0.504 e. The fraction of sp³-hybridized carbons (Fsp3) is 0.500. The molecule has 2 heterocycles. The van der Waals surface area contributed by atoms with Gasteiger partial charge in [-0.25, -0.2) is 4.79 Å². The third-order valence-corrected chi connectivity index (χ3v) is 7.75. The van der Waals surface area contributed by atoms with Crippen LogP contribution in [0.4, 0.5) is 4.79 Å². The molecule has 12 nitrogen and oxygen atoms in total. The van der Waals surface area contributed by atoms with Gasteiger partial charge in [0.15, 0.2) is 23.0 Å². The maximum Gasteiger partial charge on any atom is 0.315 e. The van der Waals surface area contributed by atoms with Gasteiger partial charge >= 0.3 is 12.0 Å². The number of amides is 2. The van der Waals surface area contributed by atoms with Crippen molar-refractivity contribution in [1.82, 2.24) is 16.0 Å². The highest BCUT2D eigenvalue weighted by Crippen LogP contribution is 2.55. The number of esters is 1. The third-order valence-electron chi connectivity index (χ3n) is 7.75. The molecule has 5 rings (SSSR count). The lowest BCUT2D eigenvalue weighted by Crippen LogP contribution is -2.46. The summed E-state index contributed by atoms with van der Waals surface area (Å²) in [5, 5.41) is 29.9. The van der Waals surface area contributed by atoms with E-state index in [-0.39, 0.29) is 42.6 Å². The SMILES string of the molecule is COc1cc(C2c3cc4c(cc3[C@@H](NC(=O)NCCCNCCCCN)[C@H]3COC(=O)[C@H]23)OCO4)cc(O)c1O. The van der Waals surface area contributed by atoms with Gasteiger partial charge < -0.3 is 50.8 Å². The van der Waals surface area contributed by atoms with E-state index in [4.69, 9.17) is 24.7 Å². The number of rotatable bonds is 11. The predicted molar refractivity (Wildman–Crippen MR) is 144 cm³/mol. The zero-order chi connectivity index (χ0) is 28.2. The summed E-state index contributed by atoms with van der Waals surface area (Å²) in [6.45, 7) is 3.01. The summed E-state index contributed by atoms with van der Waals surface area (Å²) in [5.74, 6) is -1.63. The molecule has 12 heteroatoms. The van der Waals surface area contributed by atoms with Crippen LogP contribution in [0.5, 0.6) is 28.7 Å². The lowest BCUT2D eigenvalue weighted by atomic mass is 9.65. The molecule has 1 aliphatic carbocycles. The van der Waals surface area contributed by atoms with Crippen LogP contribution in [0.1, 0.15) is 47.9 Å². The second-order valence-corrected chi connectivity index (χ2v) is 10.2. The van der Waals surface area contributed by atoms with Crippen LogP contribution in [-0.2, 0) is 9.53 Å². The summed E-state index contributed by atoms with van der Waals surface area (Å²) in [5.41, 5.74) is 7.56. The van der Waals surface area contributed by atoms with Crippen LogP contribution in [0.15, 0.2) is 24.3 Å². The first-order valence-electron chi connectivity index (χ1n) is 13.6. The molecular formula is C28H36N4O8. The number of benzene rings is 2. The molecule has 0 radical (unpaired) electrons. The van der Waals surface area contributed by atoms with Crippen LogP contribution < -0.4 is 35.9 Å². The van der Waals surface area contributed by atoms with Gasteiger partial charge in [0.05, 0.1) is 25.7 Å². The van der Waals surface area contributed by atoms with Crippen LogP contribution in [0.25, 0.3) is 0 Å². The fourth-order valence-corrected chi connectivity index (χ4v) is 5.82. The number of phenolic OH excluding ortho intramolecular Hbond substituents is 2. The molecule has 0 saturated carbocycles. The molecule has 0 spiro atoms. The lowest BCUT2D eigenvalue weighted by Gasteiger charge is -2.39. The Morgan fingerprint density at radius 2 is 1.77 bits per heavy atom. The van der Waals surface area contributed by atoms with Crippen LogP contribution in [0, 0.1) is 11.8 Å². The number of urea groups is 1. The Bertz CT molecular complexity index is 1260. The Kier molecular flexibility index (Phi) is 8.36. The van der Waals surface area contributed by atoms with E-state index in [0.29, 0.717) is 30.2 Å². The molecule has 2 aliphatic heterocycles. The fourth-order valence-electron chi connectivity index (χ4n) is 5.82. The normalized spacial score (nSPS) is 22.3. The first-order valence-corrected chi connectivity index (χ1v) is 13.6. The van der Waals surface area contributed by atoms with E-state index >= 15 is 0 Å². The summed E-state index contributed by atoms with van der Waals surface area (Å²) in [6.07, 6.45) is 2.76. The van der Waals surface area contributed by atoms with E-state index < -0.39 is 23.8 Å². The minimum absolute atomic E-state index is 0.0600. The first kappa shape index (κ1) is 27.7. The van der Waals surface area contributed by atoms with Crippen LogP contribution >= 0.6 is 0 Å². The molecule has 2 amide bonds. The van der Waals surface area contributed by atoms with Gasteiger partial charge in [0.2, 0.25) is 12.5 Å². The Labute approximate surface area is 232 Å². The van der Waals surface area contributed by atoms with Gasteiger partial charge in [-0.2, -0.15) is 0 Å². The van der Waals surface area contributed by atoms with Crippen molar-refractivity contribution in [2.45, 2.75) is 31.2 Å². The van der Waals surface area contributed by atoms with Gasteiger partial charge in [-0.05, 0) is 79.9 Å². The quantitative estimate of drug-likeness (QED) is 0.136. The summed E-state index contributed by atoms with van der Waals surface area (Å²) in [4.78, 5) is 26.1. The average Bonchev–Trinajstić information content (AvgIpc) is 3.57. The smallest absolute Gasteiger partial charge is 0.315 e. The molecule has 1 unspecified atom stereocenters. The molecule has 216 valence electrons. The molecule has 7 N–H and O–H groups in total. The largest absolute Gasteiger partial charge is 0.504 e. The number of carbonyl (C=O) groups is 2. The second kappa shape index (κ2) is 12.1. The Morgan fingerprint density at radius 3 is 2.52 bits per heavy atom. The monoisotopic (exact) mass is 556 g/mol. The number of nitrogens with two attached hydrogens (primary N) is 1. The Balaban J connectivity index is 1.41. The van der Waals surface area contributed by atoms with Gasteiger partial charge in [-0.3, -0.25) is 4.79 Å². The Morgan fingerprint density at radius 1 is 1.02 bits per heavy atom. The topological polar surface area (TPSA) is 174 Å². The summed E-state index contributed by atoms with van der Waals surface area (Å²) in [7, 11) is 1.38. The Hall–Kier alpha value is -3.90. The molecule has 2 aromatic carbocycles. The number of fused-ring (bicyclic) bond motifs is 3. The number of ether oxygens (including phenoxy) is 4. The number of carbonyl (C=O) groups excluding carboxylic acids is 2. The van der Waals surface area contributed by atoms with Crippen LogP contribution in [-0.4, -0.2) is 68.9 Å². The van der Waals surface area contributed by atoms with Gasteiger partial charge in [-0.1, -0.05) is 0 Å². The van der Waals surface area contributed by atoms with Gasteiger partial charge in [0.25, 0.3) is 0 Å². The highest BCUT2D eigenvalue weighted by atomic mass is 16.7. The van der Waals surface area contributed by atoms with E-state index in [9.17, 15) is 19.8 Å². The highest BCUT2D eigenvalue weighted by Gasteiger charge is 2.53.